The van der Waals surface area contributed by atoms with E-state index in [1.54, 1.807) is 0 Å². The van der Waals surface area contributed by atoms with Gasteiger partial charge in [0.1, 0.15) is 11.0 Å². The van der Waals surface area contributed by atoms with E-state index in [0.717, 1.165) is 39.0 Å². The minimum atomic E-state index is 0.497. The van der Waals surface area contributed by atoms with Crippen molar-refractivity contribution in [3.63, 3.8) is 0 Å². The number of aryl methyl sites for hydroxylation is 4. The van der Waals surface area contributed by atoms with Gasteiger partial charge in [0.25, 0.3) is 0 Å². The third kappa shape index (κ3) is 1.30. The maximum absolute atomic E-state index is 5.87. The number of hydrogen-bond donors (Lipinski definition) is 1. The van der Waals surface area contributed by atoms with E-state index in [1.165, 1.54) is 0 Å². The van der Waals surface area contributed by atoms with Crippen molar-refractivity contribution in [1.82, 2.24) is 19.5 Å². The first kappa shape index (κ1) is 11.0. The second kappa shape index (κ2) is 3.41. The molecular formula is C13H15N5. The molecule has 2 N–H and O–H groups in total. The minimum absolute atomic E-state index is 0.497. The van der Waals surface area contributed by atoms with Crippen LogP contribution in [0.3, 0.4) is 0 Å². The van der Waals surface area contributed by atoms with Gasteiger partial charge in [-0.05, 0) is 32.4 Å². The third-order valence-electron chi connectivity index (χ3n) is 3.43. The van der Waals surface area contributed by atoms with E-state index in [1.807, 2.05) is 32.4 Å². The predicted octanol–water partition coefficient (Wildman–Crippen LogP) is 2.02. The van der Waals surface area contributed by atoms with Gasteiger partial charge in [-0.3, -0.25) is 0 Å². The standard InChI is InChI=1S/C13H15N5/c1-6-5-9-11(17-13(14)18(9)4)12-10(6)15-7(2)8(3)16-12/h5H,1-4H3,(H2,14,17). The molecule has 5 nitrogen and oxygen atoms in total. The van der Waals surface area contributed by atoms with Crippen molar-refractivity contribution in [1.29, 1.82) is 0 Å². The zero-order valence-electron chi connectivity index (χ0n) is 10.9. The van der Waals surface area contributed by atoms with Crippen LogP contribution in [0.5, 0.6) is 0 Å². The summed E-state index contributed by atoms with van der Waals surface area (Å²) in [5.41, 5.74) is 12.4. The first-order valence-corrected chi connectivity index (χ1v) is 5.85. The van der Waals surface area contributed by atoms with Crippen molar-refractivity contribution in [3.8, 4) is 0 Å². The molecule has 2 heterocycles. The summed E-state index contributed by atoms with van der Waals surface area (Å²) in [5, 5.41) is 0. The predicted molar refractivity (Wildman–Crippen MR) is 72.4 cm³/mol. The molecule has 0 radical (unpaired) electrons. The van der Waals surface area contributed by atoms with Crippen LogP contribution in [0, 0.1) is 20.8 Å². The Labute approximate surface area is 105 Å². The van der Waals surface area contributed by atoms with Gasteiger partial charge in [0.05, 0.1) is 22.4 Å². The van der Waals surface area contributed by atoms with Crippen LogP contribution in [0.4, 0.5) is 5.95 Å². The van der Waals surface area contributed by atoms with E-state index in [9.17, 15) is 0 Å². The second-order valence-corrected chi connectivity index (χ2v) is 4.68. The Morgan fingerprint density at radius 2 is 1.56 bits per heavy atom. The number of imidazole rings is 1. The molecule has 0 fully saturated rings. The molecule has 0 saturated heterocycles. The largest absolute Gasteiger partial charge is 0.369 e. The number of hydrogen-bond acceptors (Lipinski definition) is 4. The Kier molecular flexibility index (Phi) is 2.08. The summed E-state index contributed by atoms with van der Waals surface area (Å²) in [6.45, 7) is 5.97. The van der Waals surface area contributed by atoms with Gasteiger partial charge < -0.3 is 10.3 Å². The van der Waals surface area contributed by atoms with Crippen LogP contribution in [0.1, 0.15) is 17.0 Å². The number of nitrogen functional groups attached to an aromatic ring is 1. The number of rotatable bonds is 0. The maximum atomic E-state index is 5.87. The highest BCUT2D eigenvalue weighted by molar-refractivity contribution is 6.02. The molecule has 0 spiro atoms. The average Bonchev–Trinajstić information content (AvgIpc) is 2.60. The van der Waals surface area contributed by atoms with Crippen LogP contribution in [-0.2, 0) is 7.05 Å². The normalized spacial score (nSPS) is 11.6. The van der Waals surface area contributed by atoms with E-state index in [0.29, 0.717) is 5.95 Å². The lowest BCUT2D eigenvalue weighted by atomic mass is 10.1. The molecule has 92 valence electrons. The van der Waals surface area contributed by atoms with Gasteiger partial charge in [0.2, 0.25) is 5.95 Å². The molecule has 0 aliphatic carbocycles. The molecule has 0 unspecified atom stereocenters. The Balaban J connectivity index is 2.60. The smallest absolute Gasteiger partial charge is 0.201 e. The molecule has 18 heavy (non-hydrogen) atoms. The molecular weight excluding hydrogens is 226 g/mol. The molecule has 0 saturated carbocycles. The van der Waals surface area contributed by atoms with Crippen LogP contribution in [-0.4, -0.2) is 19.5 Å². The minimum Gasteiger partial charge on any atom is -0.369 e. The van der Waals surface area contributed by atoms with Crippen molar-refractivity contribution < 1.29 is 0 Å². The van der Waals surface area contributed by atoms with E-state index in [-0.39, 0.29) is 0 Å². The van der Waals surface area contributed by atoms with Gasteiger partial charge in [-0.25, -0.2) is 15.0 Å². The zero-order valence-corrected chi connectivity index (χ0v) is 10.9. The molecule has 0 aliphatic heterocycles. The van der Waals surface area contributed by atoms with Gasteiger partial charge in [0.15, 0.2) is 0 Å². The van der Waals surface area contributed by atoms with Gasteiger partial charge in [-0.15, -0.1) is 0 Å². The first-order chi connectivity index (χ1) is 8.49. The van der Waals surface area contributed by atoms with Crippen molar-refractivity contribution in [2.75, 3.05) is 5.73 Å². The molecule has 3 aromatic rings. The van der Waals surface area contributed by atoms with E-state index in [2.05, 4.69) is 21.0 Å². The molecule has 0 amide bonds. The number of nitrogens with zero attached hydrogens (tertiary/aromatic N) is 4. The topological polar surface area (TPSA) is 69.6 Å². The third-order valence-corrected chi connectivity index (χ3v) is 3.43. The monoisotopic (exact) mass is 241 g/mol. The molecule has 0 aliphatic rings. The lowest BCUT2D eigenvalue weighted by Gasteiger charge is -2.06. The van der Waals surface area contributed by atoms with Gasteiger partial charge >= 0.3 is 0 Å². The Morgan fingerprint density at radius 1 is 0.944 bits per heavy atom. The fourth-order valence-electron chi connectivity index (χ4n) is 2.19. The number of aromatic nitrogens is 4. The van der Waals surface area contributed by atoms with Crippen LogP contribution in [0.25, 0.3) is 22.1 Å². The van der Waals surface area contributed by atoms with Crippen LogP contribution < -0.4 is 5.73 Å². The van der Waals surface area contributed by atoms with Crippen molar-refractivity contribution in [3.05, 3.63) is 23.0 Å². The van der Waals surface area contributed by atoms with Gasteiger partial charge in [-0.2, -0.15) is 0 Å². The summed E-state index contributed by atoms with van der Waals surface area (Å²) in [5.74, 6) is 0.497. The van der Waals surface area contributed by atoms with Crippen molar-refractivity contribution in [2.45, 2.75) is 20.8 Å². The number of nitrogens with two attached hydrogens (primary N) is 1. The van der Waals surface area contributed by atoms with Gasteiger partial charge in [0, 0.05) is 7.05 Å². The number of anilines is 1. The summed E-state index contributed by atoms with van der Waals surface area (Å²) >= 11 is 0. The highest BCUT2D eigenvalue weighted by Crippen LogP contribution is 2.27. The summed E-state index contributed by atoms with van der Waals surface area (Å²) in [6, 6.07) is 2.06. The molecule has 0 atom stereocenters. The molecule has 3 rings (SSSR count). The lowest BCUT2D eigenvalue weighted by Crippen LogP contribution is -1.97. The maximum Gasteiger partial charge on any atom is 0.201 e. The lowest BCUT2D eigenvalue weighted by molar-refractivity contribution is 0.964. The molecule has 1 aromatic carbocycles. The Morgan fingerprint density at radius 3 is 2.22 bits per heavy atom. The van der Waals surface area contributed by atoms with Gasteiger partial charge in [-0.1, -0.05) is 0 Å². The molecule has 5 heteroatoms. The molecule has 0 bridgehead atoms. The fraction of sp³-hybridized carbons (Fsp3) is 0.308. The SMILES string of the molecule is Cc1nc2c(C)cc3c(nc(N)n3C)c2nc1C. The summed E-state index contributed by atoms with van der Waals surface area (Å²) in [6.07, 6.45) is 0. The highest BCUT2D eigenvalue weighted by atomic mass is 15.1. The van der Waals surface area contributed by atoms with E-state index in [4.69, 9.17) is 5.73 Å². The highest BCUT2D eigenvalue weighted by Gasteiger charge is 2.14. The first-order valence-electron chi connectivity index (χ1n) is 5.85. The van der Waals surface area contributed by atoms with Crippen molar-refractivity contribution >= 4 is 28.0 Å². The summed E-state index contributed by atoms with van der Waals surface area (Å²) < 4.78 is 1.87. The van der Waals surface area contributed by atoms with Crippen LogP contribution in [0.2, 0.25) is 0 Å². The zero-order chi connectivity index (χ0) is 13.0. The quantitative estimate of drug-likeness (QED) is 0.653. The fourth-order valence-corrected chi connectivity index (χ4v) is 2.19. The Hall–Kier alpha value is -2.17. The summed E-state index contributed by atoms with van der Waals surface area (Å²) in [7, 11) is 1.91. The average molecular weight is 241 g/mol. The van der Waals surface area contributed by atoms with E-state index >= 15 is 0 Å². The van der Waals surface area contributed by atoms with Crippen molar-refractivity contribution in [2.24, 2.45) is 7.05 Å². The Bertz CT molecular complexity index is 785. The summed E-state index contributed by atoms with van der Waals surface area (Å²) in [4.78, 5) is 13.6. The number of benzene rings is 1. The van der Waals surface area contributed by atoms with Crippen LogP contribution in [0.15, 0.2) is 6.07 Å². The molecule has 2 aromatic heterocycles. The number of fused-ring (bicyclic) bond motifs is 3. The van der Waals surface area contributed by atoms with Crippen LogP contribution >= 0.6 is 0 Å². The second-order valence-electron chi connectivity index (χ2n) is 4.68. The van der Waals surface area contributed by atoms with E-state index < -0.39 is 0 Å².